The summed E-state index contributed by atoms with van der Waals surface area (Å²) in [5, 5.41) is 1.82. The molecule has 6 rings (SSSR count). The normalized spacial score (nSPS) is 13.3. The summed E-state index contributed by atoms with van der Waals surface area (Å²) < 4.78 is 2.19. The van der Waals surface area contributed by atoms with Gasteiger partial charge in [-0.15, -0.1) is 0 Å². The Balaban J connectivity index is 1.52. The number of allylic oxidation sites excluding steroid dienone is 4. The Bertz CT molecular complexity index is 1610. The Morgan fingerprint density at radius 1 is 0.743 bits per heavy atom. The van der Waals surface area contributed by atoms with Gasteiger partial charge >= 0.3 is 0 Å². The molecule has 0 saturated heterocycles. The van der Waals surface area contributed by atoms with Gasteiger partial charge in [0.25, 0.3) is 0 Å². The molecule has 1 aliphatic rings. The molecule has 0 aliphatic heterocycles. The van der Waals surface area contributed by atoms with Crippen LogP contribution in [0.4, 0.5) is 0 Å². The first-order valence-electron chi connectivity index (χ1n) is 11.7. The number of hydrogen-bond acceptors (Lipinski definition) is 3. The summed E-state index contributed by atoms with van der Waals surface area (Å²) in [6, 6.07) is 26.6. The molecule has 5 aromatic rings. The van der Waals surface area contributed by atoms with Crippen molar-refractivity contribution in [3.05, 3.63) is 114 Å². The zero-order chi connectivity index (χ0) is 23.8. The van der Waals surface area contributed by atoms with Crippen LogP contribution in [0.15, 0.2) is 97.1 Å². The maximum atomic E-state index is 6.68. The van der Waals surface area contributed by atoms with Crippen LogP contribution in [0.1, 0.15) is 24.4 Å². The highest BCUT2D eigenvalue weighted by molar-refractivity contribution is 6.36. The summed E-state index contributed by atoms with van der Waals surface area (Å²) in [5.74, 6) is 2.01. The molecule has 0 radical (unpaired) electrons. The molecule has 0 N–H and O–H groups in total. The molecule has 2 aromatic heterocycles. The summed E-state index contributed by atoms with van der Waals surface area (Å²) >= 11 is 6.68. The zero-order valence-corrected chi connectivity index (χ0v) is 20.1. The largest absolute Gasteiger partial charge is 0.312 e. The van der Waals surface area contributed by atoms with Crippen LogP contribution >= 0.6 is 11.6 Å². The molecule has 3 aromatic carbocycles. The van der Waals surface area contributed by atoms with Crippen molar-refractivity contribution in [2.24, 2.45) is 0 Å². The monoisotopic (exact) mass is 474 g/mol. The average molecular weight is 475 g/mol. The number of hydrogen-bond donors (Lipinski definition) is 0. The minimum Gasteiger partial charge on any atom is -0.312 e. The second-order valence-electron chi connectivity index (χ2n) is 8.61. The molecule has 5 heteroatoms. The van der Waals surface area contributed by atoms with Crippen LogP contribution in [0.5, 0.6) is 0 Å². The average Bonchev–Trinajstić information content (AvgIpc) is 3.19. The van der Waals surface area contributed by atoms with Crippen LogP contribution in [-0.4, -0.2) is 19.5 Å². The number of rotatable bonds is 4. The molecule has 0 unspecified atom stereocenters. The molecule has 0 amide bonds. The standard InChI is InChI=1S/C30H23ClN4/c1-20-27(31)25-17-8-9-18-26(25)35(20)24-16-10-15-23(19-24)30-33-28(21-11-4-2-5-12-21)32-29(34-30)22-13-6-3-7-14-22/h2,4-6,8-19H,3,7H2,1H3. The molecule has 0 saturated carbocycles. The number of fused-ring (bicyclic) bond motifs is 1. The van der Waals surface area contributed by atoms with Gasteiger partial charge in [0.1, 0.15) is 0 Å². The van der Waals surface area contributed by atoms with E-state index >= 15 is 0 Å². The van der Waals surface area contributed by atoms with E-state index in [4.69, 9.17) is 26.6 Å². The highest BCUT2D eigenvalue weighted by atomic mass is 35.5. The molecule has 0 spiro atoms. The summed E-state index contributed by atoms with van der Waals surface area (Å²) in [5.41, 5.74) is 6.02. The van der Waals surface area contributed by atoms with Crippen molar-refractivity contribution >= 4 is 28.1 Å². The summed E-state index contributed by atoms with van der Waals surface area (Å²) in [6.45, 7) is 2.05. The van der Waals surface area contributed by atoms with E-state index in [1.807, 2.05) is 61.5 Å². The minimum atomic E-state index is 0.649. The second-order valence-corrected chi connectivity index (χ2v) is 8.99. The van der Waals surface area contributed by atoms with Gasteiger partial charge in [-0.3, -0.25) is 0 Å². The number of benzene rings is 3. The van der Waals surface area contributed by atoms with Crippen molar-refractivity contribution < 1.29 is 0 Å². The third-order valence-corrected chi connectivity index (χ3v) is 6.79. The van der Waals surface area contributed by atoms with E-state index < -0.39 is 0 Å². The van der Waals surface area contributed by atoms with Gasteiger partial charge in [0.05, 0.1) is 10.5 Å². The molecular formula is C30H23ClN4. The van der Waals surface area contributed by atoms with E-state index in [1.54, 1.807) is 0 Å². The van der Waals surface area contributed by atoms with Gasteiger partial charge < -0.3 is 4.57 Å². The topological polar surface area (TPSA) is 43.6 Å². The Morgan fingerprint density at radius 2 is 1.46 bits per heavy atom. The van der Waals surface area contributed by atoms with E-state index in [-0.39, 0.29) is 0 Å². The molecule has 2 heterocycles. The summed E-state index contributed by atoms with van der Waals surface area (Å²) in [6.07, 6.45) is 8.50. The van der Waals surface area contributed by atoms with Crippen molar-refractivity contribution in [2.45, 2.75) is 19.8 Å². The third kappa shape index (κ3) is 3.96. The quantitative estimate of drug-likeness (QED) is 0.266. The highest BCUT2D eigenvalue weighted by Gasteiger charge is 2.16. The van der Waals surface area contributed by atoms with E-state index in [0.29, 0.717) is 17.5 Å². The van der Waals surface area contributed by atoms with Crippen molar-refractivity contribution in [1.82, 2.24) is 19.5 Å². The van der Waals surface area contributed by atoms with E-state index in [9.17, 15) is 0 Å². The van der Waals surface area contributed by atoms with Crippen LogP contribution in [0.25, 0.3) is 44.9 Å². The van der Waals surface area contributed by atoms with Crippen LogP contribution in [0.2, 0.25) is 5.02 Å². The lowest BCUT2D eigenvalue weighted by Crippen LogP contribution is -2.03. The SMILES string of the molecule is Cc1c(Cl)c2ccccc2n1-c1cccc(-c2nc(C3=CCCC=C3)nc(-c3ccccc3)n2)c1. The summed E-state index contributed by atoms with van der Waals surface area (Å²) in [4.78, 5) is 14.6. The second kappa shape index (κ2) is 8.97. The lowest BCUT2D eigenvalue weighted by Gasteiger charge is -2.12. The Kier molecular flexibility index (Phi) is 5.51. The number of halogens is 1. The first kappa shape index (κ1) is 21.5. The minimum absolute atomic E-state index is 0.649. The fourth-order valence-electron chi connectivity index (χ4n) is 4.57. The lowest BCUT2D eigenvalue weighted by molar-refractivity contribution is 1.00. The van der Waals surface area contributed by atoms with Crippen LogP contribution in [-0.2, 0) is 0 Å². The van der Waals surface area contributed by atoms with Gasteiger partial charge in [0, 0.05) is 33.5 Å². The lowest BCUT2D eigenvalue weighted by atomic mass is 10.1. The van der Waals surface area contributed by atoms with Gasteiger partial charge in [-0.25, -0.2) is 15.0 Å². The van der Waals surface area contributed by atoms with Crippen LogP contribution in [0.3, 0.4) is 0 Å². The number of para-hydroxylation sites is 1. The van der Waals surface area contributed by atoms with E-state index in [2.05, 4.69) is 47.1 Å². The Labute approximate surface area is 209 Å². The van der Waals surface area contributed by atoms with E-state index in [0.717, 1.165) is 56.8 Å². The first-order valence-corrected chi connectivity index (χ1v) is 12.1. The molecular weight excluding hydrogens is 452 g/mol. The van der Waals surface area contributed by atoms with Crippen LogP contribution < -0.4 is 0 Å². The molecule has 170 valence electrons. The maximum Gasteiger partial charge on any atom is 0.164 e. The van der Waals surface area contributed by atoms with Crippen molar-refractivity contribution in [1.29, 1.82) is 0 Å². The zero-order valence-electron chi connectivity index (χ0n) is 19.3. The molecule has 0 atom stereocenters. The predicted octanol–water partition coefficient (Wildman–Crippen LogP) is 7.84. The highest BCUT2D eigenvalue weighted by Crippen LogP contribution is 2.34. The molecule has 0 fully saturated rings. The number of aromatic nitrogens is 4. The summed E-state index contributed by atoms with van der Waals surface area (Å²) in [7, 11) is 0. The van der Waals surface area contributed by atoms with Crippen molar-refractivity contribution in [2.75, 3.05) is 0 Å². The van der Waals surface area contributed by atoms with Gasteiger partial charge in [-0.2, -0.15) is 0 Å². The first-order chi connectivity index (χ1) is 17.2. The Hall–Kier alpha value is -4.02. The smallest absolute Gasteiger partial charge is 0.164 e. The molecule has 4 nitrogen and oxygen atoms in total. The third-order valence-electron chi connectivity index (χ3n) is 6.32. The maximum absolute atomic E-state index is 6.68. The van der Waals surface area contributed by atoms with Crippen molar-refractivity contribution in [3.63, 3.8) is 0 Å². The predicted molar refractivity (Wildman–Crippen MR) is 144 cm³/mol. The van der Waals surface area contributed by atoms with Gasteiger partial charge in [-0.1, -0.05) is 90.5 Å². The van der Waals surface area contributed by atoms with Gasteiger partial charge in [0.2, 0.25) is 0 Å². The fraction of sp³-hybridized carbons (Fsp3) is 0.100. The fourth-order valence-corrected chi connectivity index (χ4v) is 4.82. The molecule has 1 aliphatic carbocycles. The molecule has 0 bridgehead atoms. The van der Waals surface area contributed by atoms with Gasteiger partial charge in [-0.05, 0) is 38.0 Å². The van der Waals surface area contributed by atoms with Crippen LogP contribution in [0, 0.1) is 6.92 Å². The molecule has 35 heavy (non-hydrogen) atoms. The Morgan fingerprint density at radius 3 is 2.26 bits per heavy atom. The van der Waals surface area contributed by atoms with E-state index in [1.165, 1.54) is 0 Å². The van der Waals surface area contributed by atoms with Gasteiger partial charge in [0.15, 0.2) is 17.5 Å². The van der Waals surface area contributed by atoms with Crippen molar-refractivity contribution in [3.8, 4) is 28.5 Å². The number of nitrogens with zero attached hydrogens (tertiary/aromatic N) is 4.